The molecule has 0 spiro atoms. The van der Waals surface area contributed by atoms with Crippen molar-refractivity contribution < 1.29 is 19.9 Å². The molecule has 0 saturated carbocycles. The summed E-state index contributed by atoms with van der Waals surface area (Å²) in [7, 11) is -1.58. The van der Waals surface area contributed by atoms with Gasteiger partial charge in [-0.2, -0.15) is 0 Å². The lowest BCUT2D eigenvalue weighted by molar-refractivity contribution is -0.120. The fourth-order valence-electron chi connectivity index (χ4n) is 2.41. The number of aromatic hydroxyl groups is 1. The minimum absolute atomic E-state index is 0.00717. The third kappa shape index (κ3) is 5.90. The van der Waals surface area contributed by atoms with Crippen LogP contribution in [0.15, 0.2) is 18.2 Å². The summed E-state index contributed by atoms with van der Waals surface area (Å²) in [5, 5.41) is 29.0. The van der Waals surface area contributed by atoms with Crippen LogP contribution in [0, 0.1) is 12.3 Å². The molecule has 1 atom stereocenters. The number of ketones is 1. The standard InChI is InChI=1S/C16H25BO4/c1-11-6-5-7-12(15(11)19)8-13(17(20)21)9-14(18)10-16(2,3)4/h5-7,13,19-21H,8-10H2,1-4H3. The van der Waals surface area contributed by atoms with Crippen LogP contribution in [0.3, 0.4) is 0 Å². The van der Waals surface area contributed by atoms with E-state index in [1.165, 1.54) is 0 Å². The summed E-state index contributed by atoms with van der Waals surface area (Å²) in [5.41, 5.74) is 1.25. The van der Waals surface area contributed by atoms with Gasteiger partial charge in [-0.25, -0.2) is 0 Å². The Balaban J connectivity index is 2.79. The molecule has 5 heteroatoms. The first-order valence-electron chi connectivity index (χ1n) is 7.25. The molecule has 0 radical (unpaired) electrons. The van der Waals surface area contributed by atoms with E-state index in [1.807, 2.05) is 26.8 Å². The first-order valence-corrected chi connectivity index (χ1v) is 7.25. The Morgan fingerprint density at radius 1 is 1.29 bits per heavy atom. The van der Waals surface area contributed by atoms with Gasteiger partial charge in [-0.15, -0.1) is 0 Å². The van der Waals surface area contributed by atoms with Gasteiger partial charge in [0.15, 0.2) is 0 Å². The number of para-hydroxylation sites is 1. The molecule has 0 saturated heterocycles. The average Bonchev–Trinajstić information content (AvgIpc) is 2.31. The third-order valence-corrected chi connectivity index (χ3v) is 3.44. The van der Waals surface area contributed by atoms with Crippen LogP contribution < -0.4 is 0 Å². The number of aryl methyl sites for hydroxylation is 1. The second kappa shape index (κ2) is 7.10. The Hall–Kier alpha value is -1.33. The van der Waals surface area contributed by atoms with E-state index in [4.69, 9.17) is 0 Å². The topological polar surface area (TPSA) is 77.8 Å². The van der Waals surface area contributed by atoms with Crippen LogP contribution >= 0.6 is 0 Å². The van der Waals surface area contributed by atoms with Crippen LogP contribution in [0.5, 0.6) is 5.75 Å². The molecule has 1 unspecified atom stereocenters. The maximum Gasteiger partial charge on any atom is 0.455 e. The molecular formula is C16H25BO4. The molecule has 1 aromatic carbocycles. The fourth-order valence-corrected chi connectivity index (χ4v) is 2.41. The lowest BCUT2D eigenvalue weighted by Crippen LogP contribution is -2.26. The lowest BCUT2D eigenvalue weighted by atomic mass is 9.66. The summed E-state index contributed by atoms with van der Waals surface area (Å²) in [5.74, 6) is -0.438. The molecule has 0 heterocycles. The van der Waals surface area contributed by atoms with Crippen molar-refractivity contribution in [2.75, 3.05) is 0 Å². The van der Waals surface area contributed by atoms with Gasteiger partial charge in [0.05, 0.1) is 0 Å². The first kappa shape index (κ1) is 17.7. The van der Waals surface area contributed by atoms with E-state index in [0.717, 1.165) is 5.56 Å². The monoisotopic (exact) mass is 292 g/mol. The number of carbonyl (C=O) groups excluding carboxylic acids is 1. The highest BCUT2D eigenvalue weighted by atomic mass is 16.4. The van der Waals surface area contributed by atoms with Gasteiger partial charge in [0.1, 0.15) is 11.5 Å². The predicted octanol–water partition coefficient (Wildman–Crippen LogP) is 2.48. The molecule has 0 fully saturated rings. The largest absolute Gasteiger partial charge is 0.507 e. The summed E-state index contributed by atoms with van der Waals surface area (Å²) in [6.07, 6.45) is 0.763. The van der Waals surface area contributed by atoms with E-state index < -0.39 is 12.9 Å². The second-order valence-corrected chi connectivity index (χ2v) is 6.94. The van der Waals surface area contributed by atoms with Crippen molar-refractivity contribution in [3.8, 4) is 5.75 Å². The molecular weight excluding hydrogens is 267 g/mol. The molecule has 0 aliphatic rings. The molecule has 1 aromatic rings. The number of rotatable bonds is 6. The lowest BCUT2D eigenvalue weighted by Gasteiger charge is -2.20. The number of Topliss-reactive ketones (excluding diaryl/α,β-unsaturated/α-hetero) is 1. The number of hydrogen-bond acceptors (Lipinski definition) is 4. The smallest absolute Gasteiger partial charge is 0.455 e. The van der Waals surface area contributed by atoms with Crippen molar-refractivity contribution in [1.29, 1.82) is 0 Å². The molecule has 116 valence electrons. The van der Waals surface area contributed by atoms with Crippen LogP contribution in [0.25, 0.3) is 0 Å². The second-order valence-electron chi connectivity index (χ2n) is 6.94. The van der Waals surface area contributed by atoms with Gasteiger partial charge in [-0.3, -0.25) is 4.79 Å². The van der Waals surface area contributed by atoms with Gasteiger partial charge in [-0.1, -0.05) is 39.0 Å². The summed E-state index contributed by atoms with van der Waals surface area (Å²) in [6, 6.07) is 5.34. The molecule has 0 aromatic heterocycles. The van der Waals surface area contributed by atoms with Crippen LogP contribution in [0.2, 0.25) is 5.82 Å². The van der Waals surface area contributed by atoms with Crippen LogP contribution in [0.1, 0.15) is 44.7 Å². The quantitative estimate of drug-likeness (QED) is 0.704. The summed E-state index contributed by atoms with van der Waals surface area (Å²) in [4.78, 5) is 12.0. The molecule has 0 bridgehead atoms. The molecule has 21 heavy (non-hydrogen) atoms. The van der Waals surface area contributed by atoms with Gasteiger partial charge in [-0.05, 0) is 29.9 Å². The molecule has 0 aliphatic heterocycles. The molecule has 1 rings (SSSR count). The molecule has 0 aliphatic carbocycles. The fraction of sp³-hybridized carbons (Fsp3) is 0.562. The average molecular weight is 292 g/mol. The van der Waals surface area contributed by atoms with Gasteiger partial charge in [0.2, 0.25) is 0 Å². The van der Waals surface area contributed by atoms with Crippen molar-refractivity contribution in [1.82, 2.24) is 0 Å². The van der Waals surface area contributed by atoms with Crippen molar-refractivity contribution in [2.45, 2.75) is 52.8 Å². The minimum Gasteiger partial charge on any atom is -0.507 e. The van der Waals surface area contributed by atoms with E-state index in [9.17, 15) is 19.9 Å². The zero-order chi connectivity index (χ0) is 16.2. The van der Waals surface area contributed by atoms with Crippen molar-refractivity contribution in [3.63, 3.8) is 0 Å². The molecule has 4 nitrogen and oxygen atoms in total. The number of phenolic OH excluding ortho intramolecular Hbond substituents is 1. The SMILES string of the molecule is Cc1cccc(CC(CC(=O)CC(C)(C)C)B(O)O)c1O. The van der Waals surface area contributed by atoms with Crippen LogP contribution in [-0.2, 0) is 11.2 Å². The number of phenols is 1. The molecule has 3 N–H and O–H groups in total. The van der Waals surface area contributed by atoms with Crippen LogP contribution in [0.4, 0.5) is 0 Å². The van der Waals surface area contributed by atoms with Crippen molar-refractivity contribution in [2.24, 2.45) is 5.41 Å². The highest BCUT2D eigenvalue weighted by molar-refractivity contribution is 6.43. The Morgan fingerprint density at radius 2 is 1.90 bits per heavy atom. The predicted molar refractivity (Wildman–Crippen MR) is 84.2 cm³/mol. The normalized spacial score (nSPS) is 13.0. The molecule has 0 amide bonds. The Morgan fingerprint density at radius 3 is 2.43 bits per heavy atom. The van der Waals surface area contributed by atoms with Gasteiger partial charge in [0, 0.05) is 18.7 Å². The van der Waals surface area contributed by atoms with Gasteiger partial charge >= 0.3 is 7.12 Å². The minimum atomic E-state index is -1.58. The third-order valence-electron chi connectivity index (χ3n) is 3.44. The maximum absolute atomic E-state index is 12.0. The summed E-state index contributed by atoms with van der Waals surface area (Å²) in [6.45, 7) is 7.71. The summed E-state index contributed by atoms with van der Waals surface area (Å²) < 4.78 is 0. The van der Waals surface area contributed by atoms with Crippen molar-refractivity contribution in [3.05, 3.63) is 29.3 Å². The van der Waals surface area contributed by atoms with Crippen molar-refractivity contribution >= 4 is 12.9 Å². The van der Waals surface area contributed by atoms with E-state index in [0.29, 0.717) is 12.0 Å². The van der Waals surface area contributed by atoms with Gasteiger partial charge < -0.3 is 15.2 Å². The highest BCUT2D eigenvalue weighted by Crippen LogP contribution is 2.30. The first-order chi connectivity index (χ1) is 9.60. The number of benzene rings is 1. The van der Waals surface area contributed by atoms with Gasteiger partial charge in [0.25, 0.3) is 0 Å². The van der Waals surface area contributed by atoms with E-state index in [2.05, 4.69) is 0 Å². The highest BCUT2D eigenvalue weighted by Gasteiger charge is 2.28. The van der Waals surface area contributed by atoms with E-state index >= 15 is 0 Å². The Kier molecular flexibility index (Phi) is 5.99. The Labute approximate surface area is 127 Å². The zero-order valence-electron chi connectivity index (χ0n) is 13.3. The number of hydrogen-bond donors (Lipinski definition) is 3. The van der Waals surface area contributed by atoms with E-state index in [-0.39, 0.29) is 29.8 Å². The summed E-state index contributed by atoms with van der Waals surface area (Å²) >= 11 is 0. The van der Waals surface area contributed by atoms with E-state index in [1.54, 1.807) is 19.1 Å². The zero-order valence-corrected chi connectivity index (χ0v) is 13.3. The Bertz CT molecular complexity index is 492. The maximum atomic E-state index is 12.0. The number of carbonyl (C=O) groups is 1. The van der Waals surface area contributed by atoms with Crippen LogP contribution in [-0.4, -0.2) is 28.1 Å².